The SMILES string of the molecule is O=C(Nc1cccnc1)N1CCOC[C@H](Oc2ccccc2)C1. The molecule has 1 aromatic heterocycles. The van der Waals surface area contributed by atoms with Crippen LogP contribution in [-0.4, -0.2) is 48.3 Å². The van der Waals surface area contributed by atoms with Gasteiger partial charge in [0.1, 0.15) is 11.9 Å². The van der Waals surface area contributed by atoms with Crippen molar-refractivity contribution in [3.05, 3.63) is 54.9 Å². The second-order valence-corrected chi connectivity index (χ2v) is 5.25. The van der Waals surface area contributed by atoms with Gasteiger partial charge < -0.3 is 19.7 Å². The van der Waals surface area contributed by atoms with Gasteiger partial charge in [-0.3, -0.25) is 4.98 Å². The highest BCUT2D eigenvalue weighted by molar-refractivity contribution is 5.89. The Morgan fingerprint density at radius 2 is 2.13 bits per heavy atom. The van der Waals surface area contributed by atoms with Gasteiger partial charge >= 0.3 is 6.03 Å². The number of rotatable bonds is 3. The van der Waals surface area contributed by atoms with E-state index in [0.717, 1.165) is 5.75 Å². The van der Waals surface area contributed by atoms with Crippen LogP contribution >= 0.6 is 0 Å². The minimum Gasteiger partial charge on any atom is -0.486 e. The van der Waals surface area contributed by atoms with Crippen molar-refractivity contribution < 1.29 is 14.3 Å². The van der Waals surface area contributed by atoms with Crippen molar-refractivity contribution in [2.75, 3.05) is 31.6 Å². The molecule has 0 saturated carbocycles. The van der Waals surface area contributed by atoms with E-state index in [-0.39, 0.29) is 12.1 Å². The van der Waals surface area contributed by atoms with Crippen LogP contribution in [0.5, 0.6) is 5.75 Å². The topological polar surface area (TPSA) is 63.7 Å². The van der Waals surface area contributed by atoms with Crippen LogP contribution in [0.2, 0.25) is 0 Å². The molecule has 0 spiro atoms. The Labute approximate surface area is 135 Å². The Hall–Kier alpha value is -2.60. The summed E-state index contributed by atoms with van der Waals surface area (Å²) in [6, 6.07) is 13.0. The van der Waals surface area contributed by atoms with Crippen LogP contribution in [0.1, 0.15) is 0 Å². The van der Waals surface area contributed by atoms with Gasteiger partial charge in [-0.05, 0) is 24.3 Å². The Morgan fingerprint density at radius 1 is 1.26 bits per heavy atom. The number of urea groups is 1. The van der Waals surface area contributed by atoms with Crippen molar-refractivity contribution in [3.63, 3.8) is 0 Å². The molecule has 2 heterocycles. The zero-order valence-electron chi connectivity index (χ0n) is 12.7. The normalized spacial score (nSPS) is 18.1. The third-order valence-electron chi connectivity index (χ3n) is 3.48. The molecule has 6 nitrogen and oxygen atoms in total. The van der Waals surface area contributed by atoms with Crippen molar-refractivity contribution in [1.82, 2.24) is 9.88 Å². The van der Waals surface area contributed by atoms with E-state index in [9.17, 15) is 4.79 Å². The maximum atomic E-state index is 12.4. The molecule has 1 saturated heterocycles. The summed E-state index contributed by atoms with van der Waals surface area (Å²) in [5.74, 6) is 0.774. The number of ether oxygens (including phenoxy) is 2. The molecule has 1 aliphatic rings. The average Bonchev–Trinajstić information content (AvgIpc) is 2.82. The molecular weight excluding hydrogens is 294 g/mol. The molecule has 1 fully saturated rings. The first-order valence-corrected chi connectivity index (χ1v) is 7.56. The molecule has 1 aromatic carbocycles. The van der Waals surface area contributed by atoms with E-state index in [2.05, 4.69) is 10.3 Å². The number of amides is 2. The highest BCUT2D eigenvalue weighted by atomic mass is 16.5. The predicted molar refractivity (Wildman–Crippen MR) is 86.5 cm³/mol. The van der Waals surface area contributed by atoms with E-state index in [1.165, 1.54) is 0 Å². The van der Waals surface area contributed by atoms with E-state index in [1.807, 2.05) is 30.3 Å². The van der Waals surface area contributed by atoms with Crippen LogP contribution in [0.3, 0.4) is 0 Å². The molecule has 6 heteroatoms. The summed E-state index contributed by atoms with van der Waals surface area (Å²) in [7, 11) is 0. The Kier molecular flexibility index (Phi) is 5.06. The predicted octanol–water partition coefficient (Wildman–Crippen LogP) is 2.39. The van der Waals surface area contributed by atoms with Crippen molar-refractivity contribution in [2.24, 2.45) is 0 Å². The van der Waals surface area contributed by atoms with Gasteiger partial charge in [0.15, 0.2) is 0 Å². The van der Waals surface area contributed by atoms with E-state index >= 15 is 0 Å². The number of aromatic nitrogens is 1. The summed E-state index contributed by atoms with van der Waals surface area (Å²) in [6.07, 6.45) is 3.09. The second kappa shape index (κ2) is 7.60. The number of anilines is 1. The Balaban J connectivity index is 1.61. The van der Waals surface area contributed by atoms with E-state index in [0.29, 0.717) is 32.0 Å². The van der Waals surface area contributed by atoms with Gasteiger partial charge in [0.05, 0.1) is 31.6 Å². The lowest BCUT2D eigenvalue weighted by molar-refractivity contribution is 0.0718. The summed E-state index contributed by atoms with van der Waals surface area (Å²) < 4.78 is 11.5. The van der Waals surface area contributed by atoms with Gasteiger partial charge in [0.25, 0.3) is 0 Å². The lowest BCUT2D eigenvalue weighted by atomic mass is 10.3. The van der Waals surface area contributed by atoms with Gasteiger partial charge in [-0.2, -0.15) is 0 Å². The Morgan fingerprint density at radius 3 is 2.91 bits per heavy atom. The zero-order chi connectivity index (χ0) is 15.9. The number of nitrogens with one attached hydrogen (secondary N) is 1. The number of hydrogen-bond donors (Lipinski definition) is 1. The van der Waals surface area contributed by atoms with E-state index in [1.54, 1.807) is 29.4 Å². The van der Waals surface area contributed by atoms with Crippen LogP contribution in [-0.2, 0) is 4.74 Å². The molecule has 1 aliphatic heterocycles. The third kappa shape index (κ3) is 4.43. The van der Waals surface area contributed by atoms with Crippen LogP contribution in [0.15, 0.2) is 54.9 Å². The van der Waals surface area contributed by atoms with Crippen LogP contribution in [0, 0.1) is 0 Å². The highest BCUT2D eigenvalue weighted by Crippen LogP contribution is 2.14. The fourth-order valence-corrected chi connectivity index (χ4v) is 2.37. The molecule has 2 aromatic rings. The molecule has 23 heavy (non-hydrogen) atoms. The van der Waals surface area contributed by atoms with Gasteiger partial charge in [-0.25, -0.2) is 4.79 Å². The fraction of sp³-hybridized carbons (Fsp3) is 0.294. The molecule has 120 valence electrons. The maximum Gasteiger partial charge on any atom is 0.322 e. The molecule has 2 amide bonds. The number of nitrogens with zero attached hydrogens (tertiary/aromatic N) is 2. The van der Waals surface area contributed by atoms with Crippen molar-refractivity contribution in [3.8, 4) is 5.75 Å². The van der Waals surface area contributed by atoms with Gasteiger partial charge in [-0.1, -0.05) is 18.2 Å². The van der Waals surface area contributed by atoms with Gasteiger partial charge in [0, 0.05) is 12.7 Å². The first-order chi connectivity index (χ1) is 11.3. The Bertz CT molecular complexity index is 621. The summed E-state index contributed by atoms with van der Waals surface area (Å²) >= 11 is 0. The average molecular weight is 313 g/mol. The monoisotopic (exact) mass is 313 g/mol. The number of para-hydroxylation sites is 1. The lowest BCUT2D eigenvalue weighted by Gasteiger charge is -2.24. The first-order valence-electron chi connectivity index (χ1n) is 7.56. The summed E-state index contributed by atoms with van der Waals surface area (Å²) in [5.41, 5.74) is 0.670. The number of benzene rings is 1. The number of hydrogen-bond acceptors (Lipinski definition) is 4. The van der Waals surface area contributed by atoms with Crippen LogP contribution < -0.4 is 10.1 Å². The standard InChI is InChI=1S/C17H19N3O3/c21-17(19-14-5-4-8-18-11-14)20-9-10-22-13-16(12-20)23-15-6-2-1-3-7-15/h1-8,11,16H,9-10,12-13H2,(H,19,21)/t16-/m1/s1. The molecule has 1 N–H and O–H groups in total. The smallest absolute Gasteiger partial charge is 0.322 e. The largest absolute Gasteiger partial charge is 0.486 e. The summed E-state index contributed by atoms with van der Waals surface area (Å²) in [5, 5.41) is 2.84. The molecule has 0 bridgehead atoms. The summed E-state index contributed by atoms with van der Waals surface area (Å²) in [6.45, 7) is 1.96. The lowest BCUT2D eigenvalue weighted by Crippen LogP contribution is -2.42. The van der Waals surface area contributed by atoms with Crippen LogP contribution in [0.25, 0.3) is 0 Å². The fourth-order valence-electron chi connectivity index (χ4n) is 2.37. The van der Waals surface area contributed by atoms with Crippen LogP contribution in [0.4, 0.5) is 10.5 Å². The first kappa shape index (κ1) is 15.3. The van der Waals surface area contributed by atoms with Crippen molar-refractivity contribution >= 4 is 11.7 Å². The van der Waals surface area contributed by atoms with Gasteiger partial charge in [0.2, 0.25) is 0 Å². The second-order valence-electron chi connectivity index (χ2n) is 5.25. The maximum absolute atomic E-state index is 12.4. The molecule has 0 unspecified atom stereocenters. The quantitative estimate of drug-likeness (QED) is 0.945. The molecular formula is C17H19N3O3. The van der Waals surface area contributed by atoms with Crippen molar-refractivity contribution in [1.29, 1.82) is 0 Å². The molecule has 1 atom stereocenters. The number of pyridine rings is 1. The minimum atomic E-state index is -0.195. The van der Waals surface area contributed by atoms with E-state index < -0.39 is 0 Å². The minimum absolute atomic E-state index is 0.176. The molecule has 3 rings (SSSR count). The summed E-state index contributed by atoms with van der Waals surface area (Å²) in [4.78, 5) is 18.1. The molecule has 0 aliphatic carbocycles. The van der Waals surface area contributed by atoms with Gasteiger partial charge in [-0.15, -0.1) is 0 Å². The third-order valence-corrected chi connectivity index (χ3v) is 3.48. The zero-order valence-corrected chi connectivity index (χ0v) is 12.7. The molecule has 0 radical (unpaired) electrons. The highest BCUT2D eigenvalue weighted by Gasteiger charge is 2.23. The van der Waals surface area contributed by atoms with E-state index in [4.69, 9.17) is 9.47 Å². The number of carbonyl (C=O) groups is 1. The van der Waals surface area contributed by atoms with Crippen molar-refractivity contribution in [2.45, 2.75) is 6.10 Å². The number of carbonyl (C=O) groups excluding carboxylic acids is 1.